The van der Waals surface area contributed by atoms with E-state index in [1.54, 1.807) is 0 Å². The Morgan fingerprint density at radius 3 is 2.92 bits per heavy atom. The maximum Gasteiger partial charge on any atom is 0.270 e. The number of nitrogens with one attached hydrogen (secondary N) is 1. The second kappa shape index (κ2) is 7.42. The fourth-order valence-electron chi connectivity index (χ4n) is 3.04. The molecule has 3 heterocycles. The third kappa shape index (κ3) is 3.51. The number of carbonyl (C=O) groups is 1. The van der Waals surface area contributed by atoms with Crippen LogP contribution in [0.2, 0.25) is 5.02 Å². The Morgan fingerprint density at radius 2 is 2.19 bits per heavy atom. The van der Waals surface area contributed by atoms with Crippen LogP contribution in [0.15, 0.2) is 30.3 Å². The molecule has 0 saturated carbocycles. The van der Waals surface area contributed by atoms with Gasteiger partial charge in [-0.25, -0.2) is 0 Å². The zero-order valence-electron chi connectivity index (χ0n) is 13.9. The van der Waals surface area contributed by atoms with Gasteiger partial charge in [-0.15, -0.1) is 21.5 Å². The molecule has 0 bridgehead atoms. The summed E-state index contributed by atoms with van der Waals surface area (Å²) in [7, 11) is 0. The van der Waals surface area contributed by atoms with E-state index < -0.39 is 5.91 Å². The molecule has 1 amide bonds. The van der Waals surface area contributed by atoms with Gasteiger partial charge in [-0.05, 0) is 42.4 Å². The van der Waals surface area contributed by atoms with Gasteiger partial charge >= 0.3 is 0 Å². The van der Waals surface area contributed by atoms with Crippen molar-refractivity contribution in [1.29, 1.82) is 0 Å². The third-order valence-corrected chi connectivity index (χ3v) is 6.94. The molecule has 1 unspecified atom stereocenters. The summed E-state index contributed by atoms with van der Waals surface area (Å²) in [6.07, 6.45) is 2.30. The highest BCUT2D eigenvalue weighted by molar-refractivity contribution is 7.99. The van der Waals surface area contributed by atoms with Crippen LogP contribution in [0.1, 0.15) is 23.3 Å². The van der Waals surface area contributed by atoms with Crippen LogP contribution in [0.25, 0.3) is 20.5 Å². The van der Waals surface area contributed by atoms with Crippen LogP contribution < -0.4 is 11.1 Å². The second-order valence-electron chi connectivity index (χ2n) is 6.18. The Balaban J connectivity index is 1.80. The fourth-order valence-corrected chi connectivity index (χ4v) is 5.45. The van der Waals surface area contributed by atoms with E-state index >= 15 is 0 Å². The summed E-state index contributed by atoms with van der Waals surface area (Å²) in [5.74, 6) is 2.40. The van der Waals surface area contributed by atoms with Crippen LogP contribution in [-0.2, 0) is 0 Å². The summed E-state index contributed by atoms with van der Waals surface area (Å²) in [5, 5.41) is 13.4. The molecule has 2 aromatic heterocycles. The second-order valence-corrected chi connectivity index (χ2v) is 8.82. The van der Waals surface area contributed by atoms with E-state index in [1.165, 1.54) is 23.5 Å². The largest absolute Gasteiger partial charge is 0.364 e. The lowest BCUT2D eigenvalue weighted by Crippen LogP contribution is -2.26. The number of anilines is 1. The van der Waals surface area contributed by atoms with E-state index in [0.29, 0.717) is 16.9 Å². The summed E-state index contributed by atoms with van der Waals surface area (Å²) < 4.78 is 0.758. The van der Waals surface area contributed by atoms with E-state index in [0.717, 1.165) is 32.7 Å². The molecule has 3 N–H and O–H groups in total. The molecule has 26 heavy (non-hydrogen) atoms. The lowest BCUT2D eigenvalue weighted by atomic mass is 10.1. The molecule has 1 aromatic carbocycles. The van der Waals surface area contributed by atoms with Crippen molar-refractivity contribution in [3.05, 3.63) is 41.0 Å². The van der Waals surface area contributed by atoms with E-state index in [1.807, 2.05) is 42.1 Å². The first-order chi connectivity index (χ1) is 12.6. The maximum atomic E-state index is 11.8. The van der Waals surface area contributed by atoms with Crippen molar-refractivity contribution in [2.45, 2.75) is 18.9 Å². The number of carbonyl (C=O) groups excluding carboxylic acids is 1. The van der Waals surface area contributed by atoms with Gasteiger partial charge in [-0.2, -0.15) is 11.8 Å². The standard InChI is InChI=1S/C18H17ClN4OS2/c19-11-4-1-3-10(7-11)14-8-13-16(26-14)15(17(20)24)22-23-18(13)21-12-5-2-6-25-9-12/h1,3-4,7-8,12H,2,5-6,9H2,(H2,20,24)(H,21,23). The van der Waals surface area contributed by atoms with E-state index in [9.17, 15) is 4.79 Å². The number of thiophene rings is 1. The summed E-state index contributed by atoms with van der Waals surface area (Å²) in [5.41, 5.74) is 6.71. The van der Waals surface area contributed by atoms with Gasteiger partial charge < -0.3 is 11.1 Å². The zero-order valence-corrected chi connectivity index (χ0v) is 16.3. The number of amides is 1. The van der Waals surface area contributed by atoms with Crippen LogP contribution in [0.4, 0.5) is 5.82 Å². The first-order valence-electron chi connectivity index (χ1n) is 8.32. The fraction of sp³-hybridized carbons (Fsp3) is 0.278. The maximum absolute atomic E-state index is 11.8. The highest BCUT2D eigenvalue weighted by atomic mass is 35.5. The van der Waals surface area contributed by atoms with Crippen molar-refractivity contribution >= 4 is 56.5 Å². The summed E-state index contributed by atoms with van der Waals surface area (Å²) >= 11 is 9.55. The zero-order chi connectivity index (χ0) is 18.1. The van der Waals surface area contributed by atoms with Gasteiger partial charge in [0.25, 0.3) is 5.91 Å². The Kier molecular flexibility index (Phi) is 5.02. The molecule has 1 saturated heterocycles. The van der Waals surface area contributed by atoms with Crippen molar-refractivity contribution in [1.82, 2.24) is 10.2 Å². The smallest absolute Gasteiger partial charge is 0.270 e. The van der Waals surface area contributed by atoms with Gasteiger partial charge in [-0.1, -0.05) is 23.7 Å². The van der Waals surface area contributed by atoms with Gasteiger partial charge in [-0.3, -0.25) is 4.79 Å². The number of nitrogens with zero attached hydrogens (tertiary/aromatic N) is 2. The van der Waals surface area contributed by atoms with Crippen molar-refractivity contribution in [2.24, 2.45) is 5.73 Å². The first kappa shape index (κ1) is 17.6. The lowest BCUT2D eigenvalue weighted by Gasteiger charge is -2.23. The molecule has 0 radical (unpaired) electrons. The molecule has 1 atom stereocenters. The highest BCUT2D eigenvalue weighted by Crippen LogP contribution is 2.38. The van der Waals surface area contributed by atoms with E-state index in [-0.39, 0.29) is 5.69 Å². The van der Waals surface area contributed by atoms with Crippen LogP contribution in [0.5, 0.6) is 0 Å². The topological polar surface area (TPSA) is 80.9 Å². The highest BCUT2D eigenvalue weighted by Gasteiger charge is 2.20. The molecule has 0 spiro atoms. The van der Waals surface area contributed by atoms with Gasteiger partial charge in [0.05, 0.1) is 4.70 Å². The molecule has 1 aliphatic heterocycles. The SMILES string of the molecule is NC(=O)c1nnc(NC2CCCSC2)c2cc(-c3cccc(Cl)c3)sc12. The normalized spacial score (nSPS) is 17.3. The average molecular weight is 405 g/mol. The number of hydrogen-bond acceptors (Lipinski definition) is 6. The number of benzene rings is 1. The van der Waals surface area contributed by atoms with Crippen molar-refractivity contribution in [3.63, 3.8) is 0 Å². The first-order valence-corrected chi connectivity index (χ1v) is 10.7. The predicted molar refractivity (Wildman–Crippen MR) is 110 cm³/mol. The summed E-state index contributed by atoms with van der Waals surface area (Å²) in [6.45, 7) is 0. The molecule has 134 valence electrons. The van der Waals surface area contributed by atoms with Crippen LogP contribution in [-0.4, -0.2) is 33.7 Å². The van der Waals surface area contributed by atoms with Gasteiger partial charge in [0.1, 0.15) is 0 Å². The number of fused-ring (bicyclic) bond motifs is 1. The Labute approximate surface area is 164 Å². The summed E-state index contributed by atoms with van der Waals surface area (Å²) in [4.78, 5) is 12.8. The minimum absolute atomic E-state index is 0.210. The van der Waals surface area contributed by atoms with Crippen molar-refractivity contribution in [2.75, 3.05) is 16.8 Å². The number of rotatable bonds is 4. The third-order valence-electron chi connectivity index (χ3n) is 4.30. The number of nitrogens with two attached hydrogens (primary N) is 1. The molecule has 0 aliphatic carbocycles. The summed E-state index contributed by atoms with van der Waals surface area (Å²) in [6, 6.07) is 10.0. The molecule has 4 rings (SSSR count). The van der Waals surface area contributed by atoms with Gasteiger partial charge in [0, 0.05) is 27.1 Å². The van der Waals surface area contributed by atoms with Crippen molar-refractivity contribution < 1.29 is 4.79 Å². The van der Waals surface area contributed by atoms with Crippen LogP contribution >= 0.6 is 34.7 Å². The number of halogens is 1. The number of aromatic nitrogens is 2. The molecule has 1 fully saturated rings. The van der Waals surface area contributed by atoms with Crippen LogP contribution in [0, 0.1) is 0 Å². The minimum Gasteiger partial charge on any atom is -0.364 e. The number of thioether (sulfide) groups is 1. The minimum atomic E-state index is -0.568. The van der Waals surface area contributed by atoms with Crippen molar-refractivity contribution in [3.8, 4) is 10.4 Å². The lowest BCUT2D eigenvalue weighted by molar-refractivity contribution is 0.0996. The quantitative estimate of drug-likeness (QED) is 0.672. The Bertz CT molecular complexity index is 969. The molecule has 3 aromatic rings. The molecular weight excluding hydrogens is 388 g/mol. The number of primary amides is 1. The molecule has 1 aliphatic rings. The van der Waals surface area contributed by atoms with E-state index in [2.05, 4.69) is 15.5 Å². The molecular formula is C18H17ClN4OS2. The molecule has 8 heteroatoms. The Morgan fingerprint density at radius 1 is 1.31 bits per heavy atom. The number of hydrogen-bond donors (Lipinski definition) is 2. The van der Waals surface area contributed by atoms with Gasteiger partial charge in [0.15, 0.2) is 11.5 Å². The predicted octanol–water partition coefficient (Wildman–Crippen LogP) is 4.42. The Hall–Kier alpha value is -1.83. The average Bonchev–Trinajstić information content (AvgIpc) is 3.08. The monoisotopic (exact) mass is 404 g/mol. The van der Waals surface area contributed by atoms with Crippen LogP contribution in [0.3, 0.4) is 0 Å². The van der Waals surface area contributed by atoms with E-state index in [4.69, 9.17) is 17.3 Å². The van der Waals surface area contributed by atoms with Gasteiger partial charge in [0.2, 0.25) is 0 Å². The molecule has 5 nitrogen and oxygen atoms in total.